The zero-order chi connectivity index (χ0) is 22.1. The molecule has 156 valence electrons. The standard InChI is InChI=1S/C19H14ClF3N4O3/c1-25(11-12-4-2-3-5-16(12)27(29)30)18(28)15-10-24-26(17(15)19(21,22)23)14-8-6-13(20)7-9-14/h2-10H,11H2,1H3. The summed E-state index contributed by atoms with van der Waals surface area (Å²) in [4.78, 5) is 24.3. The fourth-order valence-corrected chi connectivity index (χ4v) is 3.04. The number of benzene rings is 2. The zero-order valence-electron chi connectivity index (χ0n) is 15.4. The molecule has 0 atom stereocenters. The van der Waals surface area contributed by atoms with Crippen LogP contribution in [0.15, 0.2) is 54.7 Å². The highest BCUT2D eigenvalue weighted by Gasteiger charge is 2.41. The summed E-state index contributed by atoms with van der Waals surface area (Å²) in [5.41, 5.74) is -1.88. The van der Waals surface area contributed by atoms with Crippen molar-refractivity contribution in [3.05, 3.63) is 86.7 Å². The van der Waals surface area contributed by atoms with Crippen molar-refractivity contribution in [2.75, 3.05) is 7.05 Å². The molecule has 0 fully saturated rings. The van der Waals surface area contributed by atoms with Gasteiger partial charge in [0.25, 0.3) is 11.6 Å². The zero-order valence-corrected chi connectivity index (χ0v) is 16.2. The van der Waals surface area contributed by atoms with Crippen molar-refractivity contribution in [1.29, 1.82) is 0 Å². The Hall–Kier alpha value is -3.40. The fraction of sp³-hybridized carbons (Fsp3) is 0.158. The highest BCUT2D eigenvalue weighted by atomic mass is 35.5. The third-order valence-electron chi connectivity index (χ3n) is 4.28. The number of carbonyl (C=O) groups is 1. The number of halogens is 4. The molecule has 0 aliphatic rings. The molecule has 0 saturated carbocycles. The Balaban J connectivity index is 1.98. The van der Waals surface area contributed by atoms with Crippen LogP contribution >= 0.6 is 11.6 Å². The van der Waals surface area contributed by atoms with Crippen molar-refractivity contribution in [2.24, 2.45) is 0 Å². The van der Waals surface area contributed by atoms with Crippen molar-refractivity contribution in [1.82, 2.24) is 14.7 Å². The van der Waals surface area contributed by atoms with Crippen molar-refractivity contribution in [2.45, 2.75) is 12.7 Å². The second kappa shape index (κ2) is 8.15. The first-order valence-electron chi connectivity index (χ1n) is 8.48. The summed E-state index contributed by atoms with van der Waals surface area (Å²) in [5.74, 6) is -0.972. The van der Waals surface area contributed by atoms with Crippen LogP contribution in [0.2, 0.25) is 5.02 Å². The number of rotatable bonds is 5. The molecule has 7 nitrogen and oxygen atoms in total. The molecule has 3 rings (SSSR count). The quantitative estimate of drug-likeness (QED) is 0.426. The molecule has 0 N–H and O–H groups in total. The van der Waals surface area contributed by atoms with E-state index in [0.717, 1.165) is 11.1 Å². The van der Waals surface area contributed by atoms with E-state index in [9.17, 15) is 28.1 Å². The Labute approximate surface area is 173 Å². The molecule has 1 aromatic heterocycles. The molecule has 11 heteroatoms. The lowest BCUT2D eigenvalue weighted by atomic mass is 10.1. The molecular formula is C19H14ClF3N4O3. The SMILES string of the molecule is CN(Cc1ccccc1[N+](=O)[O-])C(=O)c1cnn(-c2ccc(Cl)cc2)c1C(F)(F)F. The van der Waals surface area contributed by atoms with Gasteiger partial charge in [0.2, 0.25) is 0 Å². The molecule has 1 heterocycles. The lowest BCUT2D eigenvalue weighted by Gasteiger charge is -2.18. The molecule has 2 aromatic carbocycles. The molecule has 30 heavy (non-hydrogen) atoms. The normalized spacial score (nSPS) is 11.4. The Bertz CT molecular complexity index is 1100. The summed E-state index contributed by atoms with van der Waals surface area (Å²) in [5, 5.41) is 15.2. The van der Waals surface area contributed by atoms with Gasteiger partial charge < -0.3 is 4.90 Å². The van der Waals surface area contributed by atoms with Gasteiger partial charge in [0.05, 0.1) is 28.9 Å². The van der Waals surface area contributed by atoms with Crippen molar-refractivity contribution in [3.8, 4) is 5.69 Å². The molecule has 0 aliphatic carbocycles. The molecule has 0 aliphatic heterocycles. The minimum Gasteiger partial charge on any atom is -0.337 e. The maximum Gasteiger partial charge on any atom is 0.434 e. The second-order valence-electron chi connectivity index (χ2n) is 6.34. The molecular weight excluding hydrogens is 425 g/mol. The second-order valence-corrected chi connectivity index (χ2v) is 6.78. The predicted molar refractivity (Wildman–Crippen MR) is 102 cm³/mol. The van der Waals surface area contributed by atoms with E-state index in [-0.39, 0.29) is 23.5 Å². The number of nitrogens with zero attached hydrogens (tertiary/aromatic N) is 4. The first-order valence-corrected chi connectivity index (χ1v) is 8.86. The summed E-state index contributed by atoms with van der Waals surface area (Å²) in [6, 6.07) is 11.2. The number of nitro groups is 1. The minimum absolute atomic E-state index is 0.0760. The van der Waals surface area contributed by atoms with Gasteiger partial charge in [-0.3, -0.25) is 14.9 Å². The molecule has 0 bridgehead atoms. The van der Waals surface area contributed by atoms with Crippen LogP contribution < -0.4 is 0 Å². The largest absolute Gasteiger partial charge is 0.434 e. The number of hydrogen-bond acceptors (Lipinski definition) is 4. The van der Waals surface area contributed by atoms with Crippen LogP contribution in [0.25, 0.3) is 5.69 Å². The third kappa shape index (κ3) is 4.28. The first kappa shape index (κ1) is 21.3. The smallest absolute Gasteiger partial charge is 0.337 e. The van der Waals surface area contributed by atoms with Gasteiger partial charge in [0.15, 0.2) is 5.69 Å². The van der Waals surface area contributed by atoms with E-state index in [1.807, 2.05) is 0 Å². The van der Waals surface area contributed by atoms with Gasteiger partial charge in [-0.1, -0.05) is 29.8 Å². The number of carbonyl (C=O) groups excluding carboxylic acids is 1. The average molecular weight is 439 g/mol. The van der Waals surface area contributed by atoms with E-state index < -0.39 is 28.3 Å². The first-order chi connectivity index (χ1) is 14.1. The summed E-state index contributed by atoms with van der Waals surface area (Å²) in [6.07, 6.45) is -4.05. The van der Waals surface area contributed by atoms with Crippen LogP contribution in [0.4, 0.5) is 18.9 Å². The number of nitro benzene ring substituents is 1. The minimum atomic E-state index is -4.87. The van der Waals surface area contributed by atoms with E-state index in [2.05, 4.69) is 5.10 Å². The van der Waals surface area contributed by atoms with Gasteiger partial charge in [0, 0.05) is 23.7 Å². The predicted octanol–water partition coefficient (Wildman–Crippen LogP) is 4.72. The van der Waals surface area contributed by atoms with Gasteiger partial charge in [-0.15, -0.1) is 0 Å². The lowest BCUT2D eigenvalue weighted by molar-refractivity contribution is -0.385. The Kier molecular flexibility index (Phi) is 5.79. The maximum absolute atomic E-state index is 13.8. The van der Waals surface area contributed by atoms with E-state index in [4.69, 9.17) is 11.6 Å². The van der Waals surface area contributed by atoms with Crippen LogP contribution in [0, 0.1) is 10.1 Å². The maximum atomic E-state index is 13.8. The third-order valence-corrected chi connectivity index (χ3v) is 4.53. The Morgan fingerprint density at radius 2 is 1.83 bits per heavy atom. The number of para-hydroxylation sites is 1. The number of alkyl halides is 3. The van der Waals surface area contributed by atoms with Crippen LogP contribution in [-0.4, -0.2) is 32.6 Å². The van der Waals surface area contributed by atoms with Crippen LogP contribution in [0.3, 0.4) is 0 Å². The number of hydrogen-bond donors (Lipinski definition) is 0. The van der Waals surface area contributed by atoms with Crippen LogP contribution in [-0.2, 0) is 12.7 Å². The molecule has 3 aromatic rings. The van der Waals surface area contributed by atoms with Gasteiger partial charge in [-0.2, -0.15) is 18.3 Å². The average Bonchev–Trinajstić information content (AvgIpc) is 3.13. The van der Waals surface area contributed by atoms with E-state index in [1.54, 1.807) is 6.07 Å². The van der Waals surface area contributed by atoms with Gasteiger partial charge >= 0.3 is 6.18 Å². The molecule has 0 unspecified atom stereocenters. The van der Waals surface area contributed by atoms with E-state index in [0.29, 0.717) is 9.70 Å². The van der Waals surface area contributed by atoms with Crippen LogP contribution in [0.1, 0.15) is 21.6 Å². The Morgan fingerprint density at radius 1 is 1.20 bits per heavy atom. The molecule has 0 spiro atoms. The fourth-order valence-electron chi connectivity index (χ4n) is 2.91. The van der Waals surface area contributed by atoms with Crippen molar-refractivity contribution >= 4 is 23.2 Å². The number of aromatic nitrogens is 2. The van der Waals surface area contributed by atoms with Gasteiger partial charge in [-0.05, 0) is 24.3 Å². The molecule has 1 amide bonds. The van der Waals surface area contributed by atoms with Gasteiger partial charge in [-0.25, -0.2) is 4.68 Å². The summed E-state index contributed by atoms with van der Waals surface area (Å²) >= 11 is 5.78. The summed E-state index contributed by atoms with van der Waals surface area (Å²) in [7, 11) is 1.26. The highest BCUT2D eigenvalue weighted by Crippen LogP contribution is 2.34. The van der Waals surface area contributed by atoms with Crippen molar-refractivity contribution in [3.63, 3.8) is 0 Å². The molecule has 0 radical (unpaired) electrons. The van der Waals surface area contributed by atoms with E-state index >= 15 is 0 Å². The Morgan fingerprint density at radius 3 is 2.43 bits per heavy atom. The topological polar surface area (TPSA) is 81.3 Å². The number of amides is 1. The monoisotopic (exact) mass is 438 g/mol. The summed E-state index contributed by atoms with van der Waals surface area (Å²) in [6.45, 7) is -0.251. The summed E-state index contributed by atoms with van der Waals surface area (Å²) < 4.78 is 42.0. The highest BCUT2D eigenvalue weighted by molar-refractivity contribution is 6.30. The van der Waals surface area contributed by atoms with Crippen molar-refractivity contribution < 1.29 is 22.9 Å². The van der Waals surface area contributed by atoms with Gasteiger partial charge in [0.1, 0.15) is 0 Å². The van der Waals surface area contributed by atoms with Crippen LogP contribution in [0.5, 0.6) is 0 Å². The molecule has 0 saturated heterocycles. The van der Waals surface area contributed by atoms with E-state index in [1.165, 1.54) is 49.5 Å². The lowest BCUT2D eigenvalue weighted by Crippen LogP contribution is -2.29.